The lowest BCUT2D eigenvalue weighted by Crippen LogP contribution is -2.53. The average Bonchev–Trinajstić information content (AvgIpc) is 3.41. The van der Waals surface area contributed by atoms with Gasteiger partial charge >= 0.3 is 0 Å². The van der Waals surface area contributed by atoms with Crippen molar-refractivity contribution < 1.29 is 14.4 Å². The van der Waals surface area contributed by atoms with Gasteiger partial charge in [0.2, 0.25) is 11.8 Å². The number of hydrogen-bond acceptors (Lipinski definition) is 5. The molecule has 2 aromatic carbocycles. The standard InChI is InChI=1S/C34H44N6O3/c1-3-4-11-26-16-18-28(19-17-26)34(43)38-20-10-15-31(41)39-21-9-8-14-30(39)33(42)36-29(24-27-12-6-5-7-13-27)32-35-25(2)37-40(32)23-22-38/h5-7,12-13,16-19,29-30H,3-4,8-11,14-15,20-24H2,1-2H3,(H,36,42)/t29-,30+/m1/s1. The number of hydrogen-bond donors (Lipinski definition) is 1. The smallest absolute Gasteiger partial charge is 0.253 e. The second-order valence-corrected chi connectivity index (χ2v) is 11.8. The Morgan fingerprint density at radius 1 is 0.930 bits per heavy atom. The second kappa shape index (κ2) is 14.4. The highest BCUT2D eigenvalue weighted by molar-refractivity contribution is 5.94. The van der Waals surface area contributed by atoms with E-state index in [1.165, 1.54) is 5.56 Å². The van der Waals surface area contributed by atoms with Gasteiger partial charge in [-0.1, -0.05) is 55.8 Å². The van der Waals surface area contributed by atoms with Crippen molar-refractivity contribution in [2.45, 2.75) is 90.3 Å². The monoisotopic (exact) mass is 584 g/mol. The van der Waals surface area contributed by atoms with E-state index in [-0.39, 0.29) is 17.7 Å². The molecule has 0 bridgehead atoms. The first-order valence-corrected chi connectivity index (χ1v) is 15.9. The number of carbonyl (C=O) groups excluding carboxylic acids is 3. The molecule has 0 radical (unpaired) electrons. The number of aryl methyl sites for hydroxylation is 2. The maximum absolute atomic E-state index is 13.8. The third-order valence-corrected chi connectivity index (χ3v) is 8.55. The minimum Gasteiger partial charge on any atom is -0.344 e. The molecule has 5 rings (SSSR count). The van der Waals surface area contributed by atoms with Crippen LogP contribution in [-0.2, 0) is 29.0 Å². The summed E-state index contributed by atoms with van der Waals surface area (Å²) in [4.78, 5) is 49.3. The van der Waals surface area contributed by atoms with Gasteiger partial charge in [0.05, 0.1) is 12.6 Å². The summed E-state index contributed by atoms with van der Waals surface area (Å²) in [5, 5.41) is 7.94. The summed E-state index contributed by atoms with van der Waals surface area (Å²) in [6.07, 6.45) is 7.05. The first-order valence-electron chi connectivity index (χ1n) is 15.9. The Hall–Kier alpha value is -4.01. The van der Waals surface area contributed by atoms with Crippen molar-refractivity contribution in [2.24, 2.45) is 0 Å². The Bertz CT molecular complexity index is 1390. The molecule has 9 heteroatoms. The molecular formula is C34H44N6O3. The number of nitrogens with zero attached hydrogens (tertiary/aromatic N) is 5. The molecule has 2 atom stereocenters. The fraction of sp³-hybridized carbons (Fsp3) is 0.500. The van der Waals surface area contributed by atoms with Gasteiger partial charge < -0.3 is 15.1 Å². The molecule has 1 saturated heterocycles. The van der Waals surface area contributed by atoms with Crippen LogP contribution in [0.3, 0.4) is 0 Å². The van der Waals surface area contributed by atoms with Crippen molar-refractivity contribution in [1.29, 1.82) is 0 Å². The highest BCUT2D eigenvalue weighted by Gasteiger charge is 2.34. The van der Waals surface area contributed by atoms with E-state index in [9.17, 15) is 14.4 Å². The van der Waals surface area contributed by atoms with Crippen molar-refractivity contribution in [3.8, 4) is 0 Å². The van der Waals surface area contributed by atoms with Crippen molar-refractivity contribution >= 4 is 17.7 Å². The second-order valence-electron chi connectivity index (χ2n) is 11.8. The van der Waals surface area contributed by atoms with Gasteiger partial charge in [0.1, 0.15) is 17.7 Å². The maximum Gasteiger partial charge on any atom is 0.253 e. The molecule has 2 aliphatic rings. The number of aromatic nitrogens is 3. The summed E-state index contributed by atoms with van der Waals surface area (Å²) in [5.41, 5.74) is 2.94. The van der Waals surface area contributed by atoms with Gasteiger partial charge in [0.25, 0.3) is 5.91 Å². The van der Waals surface area contributed by atoms with Crippen LogP contribution in [0, 0.1) is 6.92 Å². The molecule has 0 aliphatic carbocycles. The highest BCUT2D eigenvalue weighted by atomic mass is 16.2. The molecule has 0 unspecified atom stereocenters. The van der Waals surface area contributed by atoms with Gasteiger partial charge in [-0.25, -0.2) is 9.67 Å². The first kappa shape index (κ1) is 30.4. The van der Waals surface area contributed by atoms with Gasteiger partial charge in [-0.3, -0.25) is 14.4 Å². The Morgan fingerprint density at radius 3 is 2.49 bits per heavy atom. The lowest BCUT2D eigenvalue weighted by Gasteiger charge is -2.36. The molecule has 2 aliphatic heterocycles. The van der Waals surface area contributed by atoms with Crippen LogP contribution in [-0.4, -0.2) is 68.0 Å². The van der Waals surface area contributed by atoms with Crippen LogP contribution in [0.1, 0.15) is 91.0 Å². The van der Waals surface area contributed by atoms with Crippen LogP contribution in [0.5, 0.6) is 0 Å². The fourth-order valence-electron chi connectivity index (χ4n) is 6.19. The summed E-state index contributed by atoms with van der Waals surface area (Å²) in [6, 6.07) is 17.0. The zero-order chi connectivity index (χ0) is 30.2. The lowest BCUT2D eigenvalue weighted by atomic mass is 9.99. The Morgan fingerprint density at radius 2 is 1.72 bits per heavy atom. The molecule has 1 fully saturated rings. The quantitative estimate of drug-likeness (QED) is 0.455. The van der Waals surface area contributed by atoms with Crippen LogP contribution < -0.4 is 5.32 Å². The number of unbranched alkanes of at least 4 members (excludes halogenated alkanes) is 1. The van der Waals surface area contributed by atoms with Crippen molar-refractivity contribution in [3.63, 3.8) is 0 Å². The number of amides is 3. The Kier molecular flexibility index (Phi) is 10.2. The molecule has 3 heterocycles. The zero-order valence-electron chi connectivity index (χ0n) is 25.5. The predicted molar refractivity (Wildman–Crippen MR) is 165 cm³/mol. The maximum atomic E-state index is 13.8. The summed E-state index contributed by atoms with van der Waals surface area (Å²) in [6.45, 7) is 5.89. The number of rotatable bonds is 6. The molecule has 1 N–H and O–H groups in total. The van der Waals surface area contributed by atoms with Crippen molar-refractivity contribution in [1.82, 2.24) is 29.9 Å². The Labute approximate surface area is 254 Å². The predicted octanol–water partition coefficient (Wildman–Crippen LogP) is 4.65. The normalized spacial score (nSPS) is 20.1. The number of fused-ring (bicyclic) bond motifs is 2. The van der Waals surface area contributed by atoms with E-state index in [4.69, 9.17) is 10.1 Å². The van der Waals surface area contributed by atoms with Gasteiger partial charge in [-0.2, -0.15) is 5.10 Å². The molecule has 43 heavy (non-hydrogen) atoms. The van der Waals surface area contributed by atoms with Crippen LogP contribution in [0.15, 0.2) is 54.6 Å². The van der Waals surface area contributed by atoms with Crippen LogP contribution in [0.4, 0.5) is 0 Å². The molecular weight excluding hydrogens is 540 g/mol. The van der Waals surface area contributed by atoms with Crippen LogP contribution in [0.25, 0.3) is 0 Å². The number of nitrogens with one attached hydrogen (secondary N) is 1. The van der Waals surface area contributed by atoms with Gasteiger partial charge in [0, 0.05) is 31.6 Å². The largest absolute Gasteiger partial charge is 0.344 e. The Balaban J connectivity index is 1.45. The minimum atomic E-state index is -0.510. The summed E-state index contributed by atoms with van der Waals surface area (Å²) in [7, 11) is 0. The molecule has 9 nitrogen and oxygen atoms in total. The van der Waals surface area contributed by atoms with E-state index in [1.54, 1.807) is 4.90 Å². The molecule has 0 spiro atoms. The van der Waals surface area contributed by atoms with E-state index in [1.807, 2.05) is 71.1 Å². The zero-order valence-corrected chi connectivity index (χ0v) is 25.5. The van der Waals surface area contributed by atoms with E-state index in [0.717, 1.165) is 37.7 Å². The third kappa shape index (κ3) is 7.69. The van der Waals surface area contributed by atoms with E-state index < -0.39 is 12.1 Å². The molecule has 228 valence electrons. The third-order valence-electron chi connectivity index (χ3n) is 8.55. The van der Waals surface area contributed by atoms with Gasteiger partial charge in [-0.15, -0.1) is 0 Å². The van der Waals surface area contributed by atoms with Crippen molar-refractivity contribution in [3.05, 3.63) is 82.9 Å². The number of benzene rings is 2. The summed E-state index contributed by atoms with van der Waals surface area (Å²) >= 11 is 0. The van der Waals surface area contributed by atoms with Crippen LogP contribution in [0.2, 0.25) is 0 Å². The number of piperidine rings is 1. The highest BCUT2D eigenvalue weighted by Crippen LogP contribution is 2.23. The molecule has 0 saturated carbocycles. The first-order chi connectivity index (χ1) is 20.9. The van der Waals surface area contributed by atoms with Crippen molar-refractivity contribution in [2.75, 3.05) is 19.6 Å². The van der Waals surface area contributed by atoms with E-state index in [0.29, 0.717) is 69.1 Å². The van der Waals surface area contributed by atoms with Gasteiger partial charge in [-0.05, 0) is 75.1 Å². The topological polar surface area (TPSA) is 100 Å². The minimum absolute atomic E-state index is 0.0248. The van der Waals surface area contributed by atoms with E-state index in [2.05, 4.69) is 12.2 Å². The SMILES string of the molecule is CCCCc1ccc(C(=O)N2CCCC(=O)N3CCCC[C@H]3C(=O)N[C@H](Cc3ccccc3)c3nc(C)nn3CC2)cc1. The van der Waals surface area contributed by atoms with Gasteiger partial charge in [0.15, 0.2) is 0 Å². The molecule has 1 aromatic heterocycles. The summed E-state index contributed by atoms with van der Waals surface area (Å²) < 4.78 is 1.84. The van der Waals surface area contributed by atoms with Crippen LogP contribution >= 0.6 is 0 Å². The number of carbonyl (C=O) groups is 3. The average molecular weight is 585 g/mol. The molecule has 3 aromatic rings. The fourth-order valence-corrected chi connectivity index (χ4v) is 6.19. The lowest BCUT2D eigenvalue weighted by molar-refractivity contribution is -0.142. The molecule has 3 amide bonds. The summed E-state index contributed by atoms with van der Waals surface area (Å²) in [5.74, 6) is 1.06. The van der Waals surface area contributed by atoms with E-state index >= 15 is 0 Å².